The Hall–Kier alpha value is -1.71. The van der Waals surface area contributed by atoms with Crippen molar-refractivity contribution in [1.29, 1.82) is 0 Å². The fourth-order valence-electron chi connectivity index (χ4n) is 1.36. The van der Waals surface area contributed by atoms with Gasteiger partial charge in [0.25, 0.3) is 0 Å². The fraction of sp³-hybridized carbons (Fsp3) is 0.417. The van der Waals surface area contributed by atoms with Crippen molar-refractivity contribution in [2.75, 3.05) is 18.2 Å². The Kier molecular flexibility index (Phi) is 4.17. The van der Waals surface area contributed by atoms with Crippen LogP contribution < -0.4 is 11.1 Å². The van der Waals surface area contributed by atoms with Gasteiger partial charge in [-0.1, -0.05) is 13.0 Å². The van der Waals surface area contributed by atoms with Crippen molar-refractivity contribution in [3.05, 3.63) is 23.8 Å². The summed E-state index contributed by atoms with van der Waals surface area (Å²) in [5, 5.41) is 3.22. The van der Waals surface area contributed by atoms with E-state index >= 15 is 0 Å². The smallest absolute Gasteiger partial charge is 0.340 e. The maximum Gasteiger partial charge on any atom is 0.340 e. The largest absolute Gasteiger partial charge is 0.465 e. The second-order valence-electron chi connectivity index (χ2n) is 3.72. The minimum Gasteiger partial charge on any atom is -0.465 e. The minimum absolute atomic E-state index is 0.258. The van der Waals surface area contributed by atoms with Crippen molar-refractivity contribution in [2.24, 2.45) is 0 Å². The molecule has 0 bridgehead atoms. The number of rotatable bonds is 4. The number of hydrogen-bond donors (Lipinski definition) is 2. The lowest BCUT2D eigenvalue weighted by Gasteiger charge is -2.17. The molecule has 4 heteroatoms. The number of esters is 1. The Labute approximate surface area is 95.8 Å². The molecule has 0 aliphatic rings. The number of hydrogen-bond acceptors (Lipinski definition) is 4. The van der Waals surface area contributed by atoms with Crippen LogP contribution >= 0.6 is 0 Å². The molecular weight excluding hydrogens is 204 g/mol. The SMILES string of the molecule is CCC(C)Nc1c(N)cccc1C(=O)OC. The van der Waals surface area contributed by atoms with Gasteiger partial charge in [-0.05, 0) is 25.5 Å². The molecule has 0 radical (unpaired) electrons. The van der Waals surface area contributed by atoms with Gasteiger partial charge in [0.1, 0.15) is 0 Å². The lowest BCUT2D eigenvalue weighted by atomic mass is 10.1. The van der Waals surface area contributed by atoms with Crippen molar-refractivity contribution in [3.63, 3.8) is 0 Å². The van der Waals surface area contributed by atoms with Gasteiger partial charge in [0.2, 0.25) is 0 Å². The summed E-state index contributed by atoms with van der Waals surface area (Å²) in [5.41, 5.74) is 7.54. The molecule has 3 N–H and O–H groups in total. The van der Waals surface area contributed by atoms with Gasteiger partial charge in [0.15, 0.2) is 0 Å². The molecule has 4 nitrogen and oxygen atoms in total. The highest BCUT2D eigenvalue weighted by Crippen LogP contribution is 2.25. The van der Waals surface area contributed by atoms with Crippen LogP contribution in [0.2, 0.25) is 0 Å². The van der Waals surface area contributed by atoms with Gasteiger partial charge in [-0.2, -0.15) is 0 Å². The first-order chi connectivity index (χ1) is 7.60. The highest BCUT2D eigenvalue weighted by Gasteiger charge is 2.14. The van der Waals surface area contributed by atoms with E-state index in [1.165, 1.54) is 7.11 Å². The number of carbonyl (C=O) groups is 1. The van der Waals surface area contributed by atoms with Crippen molar-refractivity contribution >= 4 is 17.3 Å². The second-order valence-corrected chi connectivity index (χ2v) is 3.72. The molecule has 0 fully saturated rings. The average Bonchev–Trinajstić information content (AvgIpc) is 2.30. The van der Waals surface area contributed by atoms with Gasteiger partial charge in [-0.25, -0.2) is 4.79 Å². The van der Waals surface area contributed by atoms with Crippen LogP contribution in [0.3, 0.4) is 0 Å². The molecule has 0 heterocycles. The van der Waals surface area contributed by atoms with Crippen LogP contribution in [0.5, 0.6) is 0 Å². The third-order valence-corrected chi connectivity index (χ3v) is 2.51. The number of ether oxygens (including phenoxy) is 1. The lowest BCUT2D eigenvalue weighted by Crippen LogP contribution is -2.18. The molecule has 0 saturated carbocycles. The van der Waals surface area contributed by atoms with E-state index in [1.807, 2.05) is 6.92 Å². The van der Waals surface area contributed by atoms with Gasteiger partial charge >= 0.3 is 5.97 Å². The maximum absolute atomic E-state index is 11.5. The van der Waals surface area contributed by atoms with Crippen LogP contribution in [0.1, 0.15) is 30.6 Å². The van der Waals surface area contributed by atoms with Gasteiger partial charge in [0, 0.05) is 6.04 Å². The molecular formula is C12H18N2O2. The molecule has 1 unspecified atom stereocenters. The molecule has 0 aliphatic carbocycles. The van der Waals surface area contributed by atoms with Gasteiger partial charge in [-0.15, -0.1) is 0 Å². The van der Waals surface area contributed by atoms with E-state index in [9.17, 15) is 4.79 Å². The van der Waals surface area contributed by atoms with E-state index in [1.54, 1.807) is 18.2 Å². The Morgan fingerprint density at radius 1 is 1.56 bits per heavy atom. The topological polar surface area (TPSA) is 64.3 Å². The first-order valence-corrected chi connectivity index (χ1v) is 5.33. The molecule has 0 spiro atoms. The summed E-state index contributed by atoms with van der Waals surface area (Å²) in [5.74, 6) is -0.377. The summed E-state index contributed by atoms with van der Waals surface area (Å²) < 4.78 is 4.71. The Bertz CT molecular complexity index is 377. The van der Waals surface area contributed by atoms with Crippen molar-refractivity contribution < 1.29 is 9.53 Å². The summed E-state index contributed by atoms with van der Waals surface area (Å²) in [4.78, 5) is 11.5. The number of para-hydroxylation sites is 1. The Balaban J connectivity index is 3.08. The van der Waals surface area contributed by atoms with Crippen LogP contribution in [0.15, 0.2) is 18.2 Å². The molecule has 88 valence electrons. The first-order valence-electron chi connectivity index (χ1n) is 5.33. The van der Waals surface area contributed by atoms with Crippen LogP contribution in [-0.2, 0) is 4.74 Å². The molecule has 1 aromatic rings. The van der Waals surface area contributed by atoms with Crippen molar-refractivity contribution in [2.45, 2.75) is 26.3 Å². The number of methoxy groups -OCH3 is 1. The third-order valence-electron chi connectivity index (χ3n) is 2.51. The highest BCUT2D eigenvalue weighted by atomic mass is 16.5. The number of nitrogen functional groups attached to an aromatic ring is 1. The summed E-state index contributed by atoms with van der Waals surface area (Å²) in [6, 6.07) is 5.46. The molecule has 1 aromatic carbocycles. The zero-order valence-corrected chi connectivity index (χ0v) is 9.91. The van der Waals surface area contributed by atoms with Gasteiger partial charge < -0.3 is 15.8 Å². The van der Waals surface area contributed by atoms with Crippen LogP contribution in [-0.4, -0.2) is 19.1 Å². The maximum atomic E-state index is 11.5. The number of nitrogens with two attached hydrogens (primary N) is 1. The Morgan fingerprint density at radius 2 is 2.25 bits per heavy atom. The molecule has 1 atom stereocenters. The standard InChI is InChI=1S/C12H18N2O2/c1-4-8(2)14-11-9(12(15)16-3)6-5-7-10(11)13/h5-8,14H,4,13H2,1-3H3. The van der Waals surface area contributed by atoms with Gasteiger partial charge in [0.05, 0.1) is 24.0 Å². The zero-order chi connectivity index (χ0) is 12.1. The van der Waals surface area contributed by atoms with E-state index in [-0.39, 0.29) is 12.0 Å². The summed E-state index contributed by atoms with van der Waals surface area (Å²) >= 11 is 0. The van der Waals surface area contributed by atoms with Gasteiger partial charge in [-0.3, -0.25) is 0 Å². The monoisotopic (exact) mass is 222 g/mol. The van der Waals surface area contributed by atoms with E-state index in [2.05, 4.69) is 12.2 Å². The third kappa shape index (κ3) is 2.66. The molecule has 0 aromatic heterocycles. The minimum atomic E-state index is -0.377. The van der Waals surface area contributed by atoms with Crippen molar-refractivity contribution in [3.8, 4) is 0 Å². The zero-order valence-electron chi connectivity index (χ0n) is 9.91. The lowest BCUT2D eigenvalue weighted by molar-refractivity contribution is 0.0602. The second kappa shape index (κ2) is 5.39. The number of benzene rings is 1. The Morgan fingerprint density at radius 3 is 2.81 bits per heavy atom. The van der Waals surface area contributed by atoms with Crippen LogP contribution in [0, 0.1) is 0 Å². The normalized spacial score (nSPS) is 11.9. The van der Waals surface area contributed by atoms with Crippen LogP contribution in [0.4, 0.5) is 11.4 Å². The molecule has 0 amide bonds. The fourth-order valence-corrected chi connectivity index (χ4v) is 1.36. The average molecular weight is 222 g/mol. The highest BCUT2D eigenvalue weighted by molar-refractivity contribution is 5.98. The van der Waals surface area contributed by atoms with E-state index in [4.69, 9.17) is 10.5 Å². The first kappa shape index (κ1) is 12.4. The molecule has 16 heavy (non-hydrogen) atoms. The van der Waals surface area contributed by atoms with E-state index < -0.39 is 0 Å². The quantitative estimate of drug-likeness (QED) is 0.606. The molecule has 0 saturated heterocycles. The molecule has 1 rings (SSSR count). The van der Waals surface area contributed by atoms with E-state index in [0.29, 0.717) is 16.9 Å². The summed E-state index contributed by atoms with van der Waals surface area (Å²) in [6.45, 7) is 4.10. The number of carbonyl (C=O) groups excluding carboxylic acids is 1. The number of anilines is 2. The summed E-state index contributed by atoms with van der Waals surface area (Å²) in [7, 11) is 1.36. The molecule has 0 aliphatic heterocycles. The predicted octanol–water partition coefficient (Wildman–Crippen LogP) is 2.27. The van der Waals surface area contributed by atoms with E-state index in [0.717, 1.165) is 6.42 Å². The number of nitrogens with one attached hydrogen (secondary N) is 1. The summed E-state index contributed by atoms with van der Waals surface area (Å²) in [6.07, 6.45) is 0.953. The van der Waals surface area contributed by atoms with Crippen LogP contribution in [0.25, 0.3) is 0 Å². The predicted molar refractivity (Wildman–Crippen MR) is 65.6 cm³/mol. The van der Waals surface area contributed by atoms with Crippen molar-refractivity contribution in [1.82, 2.24) is 0 Å².